The number of unbranched alkanes of at least 4 members (excludes halogenated alkanes) is 1. The molecule has 2 rings (SSSR count). The molecule has 0 aliphatic heterocycles. The highest BCUT2D eigenvalue weighted by atomic mass is 16.2. The van der Waals surface area contributed by atoms with Crippen LogP contribution in [0.5, 0.6) is 0 Å². The van der Waals surface area contributed by atoms with E-state index in [0.717, 1.165) is 30.8 Å². The predicted molar refractivity (Wildman–Crippen MR) is 100 cm³/mol. The van der Waals surface area contributed by atoms with E-state index in [9.17, 15) is 4.79 Å². The minimum Gasteiger partial charge on any atom is -0.355 e. The molecule has 0 bridgehead atoms. The highest BCUT2D eigenvalue weighted by Gasteiger charge is 2.13. The standard InChI is InChI=1S/C20H27N3O/c1-6-7-10-23(5)20(24)18-13-17(8-9-21-18)22-19-15(3)11-14(2)12-16(19)4/h8-9,11-13H,6-7,10H2,1-5H3,(H,21,22). The summed E-state index contributed by atoms with van der Waals surface area (Å²) in [5.74, 6) is -0.0375. The van der Waals surface area contributed by atoms with Gasteiger partial charge in [0.25, 0.3) is 5.91 Å². The van der Waals surface area contributed by atoms with Gasteiger partial charge in [0.1, 0.15) is 5.69 Å². The third-order valence-corrected chi connectivity index (χ3v) is 4.12. The lowest BCUT2D eigenvalue weighted by atomic mass is 10.0. The average Bonchev–Trinajstić information content (AvgIpc) is 2.55. The second-order valence-electron chi connectivity index (χ2n) is 6.41. The van der Waals surface area contributed by atoms with Crippen LogP contribution in [0, 0.1) is 20.8 Å². The summed E-state index contributed by atoms with van der Waals surface area (Å²) in [6.07, 6.45) is 3.75. The van der Waals surface area contributed by atoms with Crippen molar-refractivity contribution < 1.29 is 4.79 Å². The molecule has 1 aromatic heterocycles. The number of carbonyl (C=O) groups is 1. The summed E-state index contributed by atoms with van der Waals surface area (Å²) in [5, 5.41) is 3.43. The van der Waals surface area contributed by atoms with Crippen LogP contribution < -0.4 is 5.32 Å². The van der Waals surface area contributed by atoms with Gasteiger partial charge in [-0.3, -0.25) is 9.78 Å². The van der Waals surface area contributed by atoms with E-state index in [1.165, 1.54) is 16.7 Å². The molecule has 24 heavy (non-hydrogen) atoms. The van der Waals surface area contributed by atoms with Crippen molar-refractivity contribution >= 4 is 17.3 Å². The minimum absolute atomic E-state index is 0.0375. The monoisotopic (exact) mass is 325 g/mol. The molecule has 2 aromatic rings. The lowest BCUT2D eigenvalue weighted by Gasteiger charge is -2.17. The summed E-state index contributed by atoms with van der Waals surface area (Å²) in [6.45, 7) is 9.15. The van der Waals surface area contributed by atoms with Crippen LogP contribution >= 0.6 is 0 Å². The van der Waals surface area contributed by atoms with E-state index in [2.05, 4.69) is 50.1 Å². The number of carbonyl (C=O) groups excluding carboxylic acids is 1. The number of amides is 1. The summed E-state index contributed by atoms with van der Waals surface area (Å²) < 4.78 is 0. The van der Waals surface area contributed by atoms with Crippen LogP contribution in [0.3, 0.4) is 0 Å². The van der Waals surface area contributed by atoms with Gasteiger partial charge in [-0.2, -0.15) is 0 Å². The molecule has 0 saturated heterocycles. The number of anilines is 2. The van der Waals surface area contributed by atoms with Gasteiger partial charge in [-0.05, 0) is 50.5 Å². The first-order valence-electron chi connectivity index (χ1n) is 8.48. The first-order valence-corrected chi connectivity index (χ1v) is 8.48. The van der Waals surface area contributed by atoms with Crippen molar-refractivity contribution in [3.63, 3.8) is 0 Å². The van der Waals surface area contributed by atoms with Gasteiger partial charge >= 0.3 is 0 Å². The van der Waals surface area contributed by atoms with Crippen molar-refractivity contribution in [3.8, 4) is 0 Å². The highest BCUT2D eigenvalue weighted by molar-refractivity contribution is 5.93. The molecule has 0 atom stereocenters. The number of hydrogen-bond acceptors (Lipinski definition) is 3. The van der Waals surface area contributed by atoms with Crippen molar-refractivity contribution in [2.45, 2.75) is 40.5 Å². The molecule has 0 aliphatic rings. The Kier molecular flexibility index (Phi) is 5.96. The first-order chi connectivity index (χ1) is 11.4. The number of rotatable bonds is 6. The van der Waals surface area contributed by atoms with E-state index in [4.69, 9.17) is 0 Å². The number of nitrogens with zero attached hydrogens (tertiary/aromatic N) is 2. The Labute approximate surface area is 144 Å². The minimum atomic E-state index is -0.0375. The summed E-state index contributed by atoms with van der Waals surface area (Å²) in [5.41, 5.74) is 6.08. The van der Waals surface area contributed by atoms with Crippen molar-refractivity contribution in [2.24, 2.45) is 0 Å². The van der Waals surface area contributed by atoms with Crippen molar-refractivity contribution in [1.29, 1.82) is 0 Å². The molecule has 0 radical (unpaired) electrons. The van der Waals surface area contributed by atoms with Crippen LogP contribution in [0.2, 0.25) is 0 Å². The normalized spacial score (nSPS) is 10.5. The third-order valence-electron chi connectivity index (χ3n) is 4.12. The van der Waals surface area contributed by atoms with Crippen LogP contribution in [0.4, 0.5) is 11.4 Å². The molecule has 1 aromatic carbocycles. The van der Waals surface area contributed by atoms with Crippen molar-refractivity contribution in [3.05, 3.63) is 52.8 Å². The van der Waals surface area contributed by atoms with Crippen LogP contribution in [-0.4, -0.2) is 29.4 Å². The van der Waals surface area contributed by atoms with Crippen molar-refractivity contribution in [2.75, 3.05) is 18.9 Å². The second-order valence-corrected chi connectivity index (χ2v) is 6.41. The Morgan fingerprint density at radius 3 is 2.46 bits per heavy atom. The molecular weight excluding hydrogens is 298 g/mol. The third kappa shape index (κ3) is 4.34. The molecule has 128 valence electrons. The fourth-order valence-corrected chi connectivity index (χ4v) is 2.84. The molecule has 0 saturated carbocycles. The Balaban J connectivity index is 2.21. The maximum absolute atomic E-state index is 12.5. The van der Waals surface area contributed by atoms with Gasteiger partial charge in [-0.15, -0.1) is 0 Å². The van der Waals surface area contributed by atoms with Crippen LogP contribution in [-0.2, 0) is 0 Å². The zero-order chi connectivity index (χ0) is 17.7. The van der Waals surface area contributed by atoms with E-state index in [-0.39, 0.29) is 5.91 Å². The predicted octanol–water partition coefficient (Wildman–Crippen LogP) is 4.62. The highest BCUT2D eigenvalue weighted by Crippen LogP contribution is 2.26. The fourth-order valence-electron chi connectivity index (χ4n) is 2.84. The van der Waals surface area contributed by atoms with Crippen LogP contribution in [0.15, 0.2) is 30.5 Å². The Hall–Kier alpha value is -2.36. The van der Waals surface area contributed by atoms with Gasteiger partial charge in [0.15, 0.2) is 0 Å². The van der Waals surface area contributed by atoms with E-state index in [0.29, 0.717) is 5.69 Å². The Morgan fingerprint density at radius 2 is 1.83 bits per heavy atom. The van der Waals surface area contributed by atoms with Gasteiger partial charge in [-0.1, -0.05) is 31.0 Å². The fraction of sp³-hybridized carbons (Fsp3) is 0.400. The van der Waals surface area contributed by atoms with Crippen LogP contribution in [0.25, 0.3) is 0 Å². The average molecular weight is 325 g/mol. The first kappa shape index (κ1) is 18.0. The molecule has 0 spiro atoms. The second kappa shape index (κ2) is 7.95. The number of hydrogen-bond donors (Lipinski definition) is 1. The van der Waals surface area contributed by atoms with Gasteiger partial charge < -0.3 is 10.2 Å². The summed E-state index contributed by atoms with van der Waals surface area (Å²) in [4.78, 5) is 18.4. The molecule has 0 aliphatic carbocycles. The van der Waals surface area contributed by atoms with E-state index >= 15 is 0 Å². The Bertz CT molecular complexity index is 702. The smallest absolute Gasteiger partial charge is 0.272 e. The number of pyridine rings is 1. The van der Waals surface area contributed by atoms with E-state index in [1.54, 1.807) is 11.1 Å². The topological polar surface area (TPSA) is 45.2 Å². The molecule has 1 heterocycles. The van der Waals surface area contributed by atoms with Crippen LogP contribution in [0.1, 0.15) is 46.9 Å². The summed E-state index contributed by atoms with van der Waals surface area (Å²) >= 11 is 0. The molecule has 1 N–H and O–H groups in total. The van der Waals surface area contributed by atoms with Gasteiger partial charge in [-0.25, -0.2) is 0 Å². The van der Waals surface area contributed by atoms with Gasteiger partial charge in [0.2, 0.25) is 0 Å². The largest absolute Gasteiger partial charge is 0.355 e. The lowest BCUT2D eigenvalue weighted by molar-refractivity contribution is 0.0787. The SMILES string of the molecule is CCCCN(C)C(=O)c1cc(Nc2c(C)cc(C)cc2C)ccn1. The molecule has 0 unspecified atom stereocenters. The zero-order valence-electron chi connectivity index (χ0n) is 15.3. The number of nitrogens with one attached hydrogen (secondary N) is 1. The summed E-state index contributed by atoms with van der Waals surface area (Å²) in [6, 6.07) is 8.02. The zero-order valence-corrected chi connectivity index (χ0v) is 15.3. The van der Waals surface area contributed by atoms with Gasteiger partial charge in [0, 0.05) is 31.2 Å². The van der Waals surface area contributed by atoms with E-state index in [1.807, 2.05) is 19.2 Å². The molecule has 4 heteroatoms. The van der Waals surface area contributed by atoms with Crippen molar-refractivity contribution in [1.82, 2.24) is 9.88 Å². The van der Waals surface area contributed by atoms with E-state index < -0.39 is 0 Å². The maximum Gasteiger partial charge on any atom is 0.272 e. The number of benzene rings is 1. The molecule has 4 nitrogen and oxygen atoms in total. The molecule has 1 amide bonds. The number of aromatic nitrogens is 1. The molecule has 0 fully saturated rings. The quantitative estimate of drug-likeness (QED) is 0.842. The maximum atomic E-state index is 12.5. The van der Waals surface area contributed by atoms with Gasteiger partial charge in [0.05, 0.1) is 0 Å². The lowest BCUT2D eigenvalue weighted by Crippen LogP contribution is -2.28. The Morgan fingerprint density at radius 1 is 1.17 bits per heavy atom. The molecular formula is C20H27N3O. The summed E-state index contributed by atoms with van der Waals surface area (Å²) in [7, 11) is 1.83. The number of aryl methyl sites for hydroxylation is 3.